The molecule has 0 aromatic rings. The zero-order valence-electron chi connectivity index (χ0n) is 11.0. The minimum atomic E-state index is -0.717. The van der Waals surface area contributed by atoms with Crippen molar-refractivity contribution in [1.29, 1.82) is 5.26 Å². The minimum absolute atomic E-state index is 0.0240. The fourth-order valence-corrected chi connectivity index (χ4v) is 3.33. The molecule has 0 bridgehead atoms. The lowest BCUT2D eigenvalue weighted by Crippen LogP contribution is -2.51. The van der Waals surface area contributed by atoms with Crippen molar-refractivity contribution in [3.05, 3.63) is 0 Å². The van der Waals surface area contributed by atoms with Gasteiger partial charge in [-0.25, -0.2) is 0 Å². The first-order chi connectivity index (χ1) is 7.98. The number of nitriles is 1. The van der Waals surface area contributed by atoms with Crippen molar-refractivity contribution in [2.24, 2.45) is 23.2 Å². The molecule has 0 aromatic heterocycles. The third-order valence-corrected chi connectivity index (χ3v) is 4.82. The van der Waals surface area contributed by atoms with Crippen molar-refractivity contribution in [2.75, 3.05) is 0 Å². The number of rotatable bonds is 2. The van der Waals surface area contributed by atoms with Gasteiger partial charge in [-0.2, -0.15) is 5.26 Å². The smallest absolute Gasteiger partial charge is 0.240 e. The van der Waals surface area contributed by atoms with E-state index in [1.807, 2.05) is 0 Å². The summed E-state index contributed by atoms with van der Waals surface area (Å²) in [6.07, 6.45) is 3.70. The number of nitrogens with one attached hydrogen (secondary N) is 1. The topological polar surface area (TPSA) is 52.9 Å². The molecule has 2 aliphatic carbocycles. The van der Waals surface area contributed by atoms with Crippen LogP contribution in [0.1, 0.15) is 46.5 Å². The second-order valence-electron chi connectivity index (χ2n) is 6.20. The Balaban J connectivity index is 1.96. The molecule has 1 N–H and O–H groups in total. The number of nitrogens with zero attached hydrogens (tertiary/aromatic N) is 1. The fraction of sp³-hybridized carbons (Fsp3) is 0.857. The van der Waals surface area contributed by atoms with Crippen molar-refractivity contribution in [2.45, 2.75) is 52.5 Å². The molecule has 2 fully saturated rings. The second-order valence-corrected chi connectivity index (χ2v) is 6.20. The molecular formula is C14H22N2O. The van der Waals surface area contributed by atoms with Gasteiger partial charge in [0.15, 0.2) is 0 Å². The monoisotopic (exact) mass is 234 g/mol. The van der Waals surface area contributed by atoms with Gasteiger partial charge in [0.25, 0.3) is 0 Å². The maximum absolute atomic E-state index is 12.2. The molecule has 2 saturated carbocycles. The van der Waals surface area contributed by atoms with Crippen LogP contribution in [0.2, 0.25) is 0 Å². The van der Waals surface area contributed by atoms with Crippen LogP contribution in [0.5, 0.6) is 0 Å². The first kappa shape index (κ1) is 12.4. The molecule has 0 saturated heterocycles. The van der Waals surface area contributed by atoms with E-state index < -0.39 is 5.41 Å². The summed E-state index contributed by atoms with van der Waals surface area (Å²) in [5, 5.41) is 12.3. The Kier molecular flexibility index (Phi) is 3.16. The molecule has 2 aliphatic rings. The molecule has 17 heavy (non-hydrogen) atoms. The first-order valence-corrected chi connectivity index (χ1v) is 6.71. The molecule has 3 heteroatoms. The van der Waals surface area contributed by atoms with E-state index in [0.717, 1.165) is 19.3 Å². The van der Waals surface area contributed by atoms with E-state index in [-0.39, 0.29) is 11.9 Å². The zero-order chi connectivity index (χ0) is 12.6. The van der Waals surface area contributed by atoms with Crippen molar-refractivity contribution in [3.63, 3.8) is 0 Å². The minimum Gasteiger partial charge on any atom is -0.352 e. The number of amides is 1. The van der Waals surface area contributed by atoms with Crippen molar-refractivity contribution in [1.82, 2.24) is 5.32 Å². The molecule has 3 atom stereocenters. The van der Waals surface area contributed by atoms with Crippen LogP contribution in [0.4, 0.5) is 0 Å². The molecule has 1 amide bonds. The van der Waals surface area contributed by atoms with E-state index in [4.69, 9.17) is 0 Å². The number of hydrogen-bond acceptors (Lipinski definition) is 2. The highest BCUT2D eigenvalue weighted by Gasteiger charge is 2.49. The van der Waals surface area contributed by atoms with E-state index in [1.54, 1.807) is 0 Å². The predicted molar refractivity (Wildman–Crippen MR) is 65.9 cm³/mol. The lowest BCUT2D eigenvalue weighted by molar-refractivity contribution is -0.135. The molecule has 0 spiro atoms. The summed E-state index contributed by atoms with van der Waals surface area (Å²) in [7, 11) is 0. The normalized spacial score (nSPS) is 44.8. The van der Waals surface area contributed by atoms with E-state index in [0.29, 0.717) is 17.8 Å². The van der Waals surface area contributed by atoms with Crippen LogP contribution in [-0.4, -0.2) is 11.9 Å². The molecule has 0 aromatic carbocycles. The molecule has 94 valence electrons. The van der Waals surface area contributed by atoms with Crippen LogP contribution >= 0.6 is 0 Å². The summed E-state index contributed by atoms with van der Waals surface area (Å²) in [5.74, 6) is 1.70. The standard InChI is InChI=1S/C14H22N2O/c1-9-6-14(7-9,8-15)13(17)16-12-5-4-10(2)11(12)3/h9-12H,4-7H2,1-3H3,(H,16,17). The highest BCUT2D eigenvalue weighted by atomic mass is 16.2. The molecule has 2 rings (SSSR count). The first-order valence-electron chi connectivity index (χ1n) is 6.71. The number of carbonyl (C=O) groups excluding carboxylic acids is 1. The molecule has 3 nitrogen and oxygen atoms in total. The van der Waals surface area contributed by atoms with Gasteiger partial charge in [-0.15, -0.1) is 0 Å². The van der Waals surface area contributed by atoms with Gasteiger partial charge in [-0.05, 0) is 43.4 Å². The van der Waals surface area contributed by atoms with Crippen LogP contribution < -0.4 is 5.32 Å². The van der Waals surface area contributed by atoms with Crippen molar-refractivity contribution >= 4 is 5.91 Å². The van der Waals surface area contributed by atoms with Crippen LogP contribution in [-0.2, 0) is 4.79 Å². The van der Waals surface area contributed by atoms with E-state index in [1.165, 1.54) is 6.42 Å². The van der Waals surface area contributed by atoms with E-state index in [9.17, 15) is 10.1 Å². The summed E-state index contributed by atoms with van der Waals surface area (Å²) < 4.78 is 0. The highest BCUT2D eigenvalue weighted by molar-refractivity contribution is 5.86. The molecule has 0 heterocycles. The summed E-state index contributed by atoms with van der Waals surface area (Å²) in [6.45, 7) is 6.54. The quantitative estimate of drug-likeness (QED) is 0.798. The van der Waals surface area contributed by atoms with E-state index >= 15 is 0 Å². The molecule has 0 radical (unpaired) electrons. The Morgan fingerprint density at radius 1 is 1.29 bits per heavy atom. The summed E-state index contributed by atoms with van der Waals surface area (Å²) >= 11 is 0. The molecule has 0 aliphatic heterocycles. The van der Waals surface area contributed by atoms with E-state index in [2.05, 4.69) is 32.2 Å². The Morgan fingerprint density at radius 3 is 2.35 bits per heavy atom. The van der Waals surface area contributed by atoms with Gasteiger partial charge in [0.2, 0.25) is 5.91 Å². The second kappa shape index (κ2) is 4.33. The number of hydrogen-bond donors (Lipinski definition) is 1. The Hall–Kier alpha value is -1.04. The highest BCUT2D eigenvalue weighted by Crippen LogP contribution is 2.45. The predicted octanol–water partition coefficient (Wildman–Crippen LogP) is 2.48. The van der Waals surface area contributed by atoms with Gasteiger partial charge in [0, 0.05) is 6.04 Å². The van der Waals surface area contributed by atoms with Crippen molar-refractivity contribution < 1.29 is 4.79 Å². The average molecular weight is 234 g/mol. The Morgan fingerprint density at radius 2 is 1.94 bits per heavy atom. The lowest BCUT2D eigenvalue weighted by Gasteiger charge is -2.40. The van der Waals surface area contributed by atoms with Gasteiger partial charge in [0.05, 0.1) is 6.07 Å². The van der Waals surface area contributed by atoms with Gasteiger partial charge in [-0.1, -0.05) is 20.8 Å². The molecular weight excluding hydrogens is 212 g/mol. The SMILES string of the molecule is CC1CC(C#N)(C(=O)NC2CCC(C)C2C)C1. The average Bonchev–Trinajstić information content (AvgIpc) is 2.56. The van der Waals surface area contributed by atoms with Crippen LogP contribution in [0, 0.1) is 34.5 Å². The van der Waals surface area contributed by atoms with Crippen LogP contribution in [0.15, 0.2) is 0 Å². The van der Waals surface area contributed by atoms with Crippen LogP contribution in [0.25, 0.3) is 0 Å². The van der Waals surface area contributed by atoms with Gasteiger partial charge < -0.3 is 5.32 Å². The Bertz CT molecular complexity index is 352. The summed E-state index contributed by atoms with van der Waals surface area (Å²) in [5.41, 5.74) is -0.717. The largest absolute Gasteiger partial charge is 0.352 e. The maximum atomic E-state index is 12.2. The summed E-state index contributed by atoms with van der Waals surface area (Å²) in [4.78, 5) is 12.2. The van der Waals surface area contributed by atoms with Gasteiger partial charge >= 0.3 is 0 Å². The summed E-state index contributed by atoms with van der Waals surface area (Å²) in [6, 6.07) is 2.51. The molecule has 3 unspecified atom stereocenters. The van der Waals surface area contributed by atoms with Crippen LogP contribution in [0.3, 0.4) is 0 Å². The number of carbonyl (C=O) groups is 1. The lowest BCUT2D eigenvalue weighted by atomic mass is 9.63. The van der Waals surface area contributed by atoms with Gasteiger partial charge in [0.1, 0.15) is 5.41 Å². The third-order valence-electron chi connectivity index (χ3n) is 4.82. The third kappa shape index (κ3) is 2.06. The van der Waals surface area contributed by atoms with Gasteiger partial charge in [-0.3, -0.25) is 4.79 Å². The maximum Gasteiger partial charge on any atom is 0.240 e. The zero-order valence-corrected chi connectivity index (χ0v) is 11.0. The Labute approximate surface area is 104 Å². The van der Waals surface area contributed by atoms with Crippen molar-refractivity contribution in [3.8, 4) is 6.07 Å². The fourth-order valence-electron chi connectivity index (χ4n) is 3.33.